The number of carbonyl (C=O) groups excluding carboxylic acids is 2. The number of anilines is 1. The molecular weight excluding hydrogens is 357 g/mol. The molecule has 0 spiro atoms. The molecule has 1 saturated heterocycles. The van der Waals surface area contributed by atoms with Crippen molar-refractivity contribution in [3.63, 3.8) is 0 Å². The van der Waals surface area contributed by atoms with Crippen molar-refractivity contribution >= 4 is 29.9 Å². The van der Waals surface area contributed by atoms with E-state index >= 15 is 0 Å². The van der Waals surface area contributed by atoms with Crippen molar-refractivity contribution in [1.29, 1.82) is 0 Å². The average Bonchev–Trinajstić information content (AvgIpc) is 3.15. The highest BCUT2D eigenvalue weighted by molar-refractivity contribution is 6.04. The van der Waals surface area contributed by atoms with Crippen LogP contribution < -0.4 is 16.0 Å². The minimum absolute atomic E-state index is 0. The molecule has 26 heavy (non-hydrogen) atoms. The molecule has 0 radical (unpaired) electrons. The van der Waals surface area contributed by atoms with Gasteiger partial charge in [0.05, 0.1) is 5.92 Å². The highest BCUT2D eigenvalue weighted by Gasteiger charge is 2.21. The SMILES string of the molecule is Cl.O=C(Nc1cccc(CNC(=O)C2CCNC2)c1)c1cccc(F)c1. The van der Waals surface area contributed by atoms with Gasteiger partial charge in [0, 0.05) is 24.3 Å². The van der Waals surface area contributed by atoms with E-state index in [2.05, 4.69) is 16.0 Å². The lowest BCUT2D eigenvalue weighted by Crippen LogP contribution is -2.31. The predicted octanol–water partition coefficient (Wildman–Crippen LogP) is 2.73. The molecule has 7 heteroatoms. The molecule has 0 aliphatic carbocycles. The molecule has 3 rings (SSSR count). The molecule has 1 aliphatic heterocycles. The quantitative estimate of drug-likeness (QED) is 0.750. The Kier molecular flexibility index (Phi) is 7.12. The number of nitrogens with one attached hydrogen (secondary N) is 3. The zero-order valence-corrected chi connectivity index (χ0v) is 14.9. The van der Waals surface area contributed by atoms with Crippen LogP contribution in [0.25, 0.3) is 0 Å². The Morgan fingerprint density at radius 3 is 2.69 bits per heavy atom. The molecule has 0 bridgehead atoms. The first-order valence-electron chi connectivity index (χ1n) is 8.26. The lowest BCUT2D eigenvalue weighted by Gasteiger charge is -2.11. The molecule has 2 aromatic rings. The fraction of sp³-hybridized carbons (Fsp3) is 0.263. The van der Waals surface area contributed by atoms with Crippen LogP contribution in [0.4, 0.5) is 10.1 Å². The Hall–Kier alpha value is -2.44. The van der Waals surface area contributed by atoms with Gasteiger partial charge in [0.15, 0.2) is 0 Å². The normalized spacial score (nSPS) is 15.8. The van der Waals surface area contributed by atoms with Crippen LogP contribution >= 0.6 is 12.4 Å². The molecule has 1 aliphatic rings. The third-order valence-corrected chi connectivity index (χ3v) is 4.17. The van der Waals surface area contributed by atoms with Crippen LogP contribution in [0.1, 0.15) is 22.3 Å². The molecule has 138 valence electrons. The molecule has 1 atom stereocenters. The predicted molar refractivity (Wildman–Crippen MR) is 101 cm³/mol. The van der Waals surface area contributed by atoms with Gasteiger partial charge in [-0.15, -0.1) is 12.4 Å². The van der Waals surface area contributed by atoms with Crippen LogP contribution in [0, 0.1) is 11.7 Å². The fourth-order valence-corrected chi connectivity index (χ4v) is 2.80. The van der Waals surface area contributed by atoms with Crippen LogP contribution in [-0.2, 0) is 11.3 Å². The smallest absolute Gasteiger partial charge is 0.255 e. The van der Waals surface area contributed by atoms with Gasteiger partial charge >= 0.3 is 0 Å². The number of hydrogen-bond donors (Lipinski definition) is 3. The minimum Gasteiger partial charge on any atom is -0.352 e. The third-order valence-electron chi connectivity index (χ3n) is 4.17. The van der Waals surface area contributed by atoms with Crippen molar-refractivity contribution in [1.82, 2.24) is 10.6 Å². The van der Waals surface area contributed by atoms with E-state index in [0.29, 0.717) is 12.2 Å². The van der Waals surface area contributed by atoms with Gasteiger partial charge in [-0.2, -0.15) is 0 Å². The molecule has 5 nitrogen and oxygen atoms in total. The van der Waals surface area contributed by atoms with Crippen LogP contribution in [0.2, 0.25) is 0 Å². The molecule has 2 aromatic carbocycles. The second-order valence-corrected chi connectivity index (χ2v) is 6.07. The monoisotopic (exact) mass is 377 g/mol. The van der Waals surface area contributed by atoms with E-state index in [1.165, 1.54) is 18.2 Å². The van der Waals surface area contributed by atoms with Crippen molar-refractivity contribution in [2.75, 3.05) is 18.4 Å². The molecule has 1 heterocycles. The van der Waals surface area contributed by atoms with Gasteiger partial charge in [-0.05, 0) is 48.9 Å². The highest BCUT2D eigenvalue weighted by Crippen LogP contribution is 2.14. The Labute approximate surface area is 157 Å². The van der Waals surface area contributed by atoms with Crippen LogP contribution in [0.15, 0.2) is 48.5 Å². The van der Waals surface area contributed by atoms with Gasteiger partial charge in [-0.1, -0.05) is 18.2 Å². The van der Waals surface area contributed by atoms with E-state index in [4.69, 9.17) is 0 Å². The van der Waals surface area contributed by atoms with E-state index < -0.39 is 5.82 Å². The van der Waals surface area contributed by atoms with Crippen LogP contribution in [0.3, 0.4) is 0 Å². The first-order chi connectivity index (χ1) is 12.1. The molecule has 2 amide bonds. The average molecular weight is 378 g/mol. The van der Waals surface area contributed by atoms with Gasteiger partial charge in [0.2, 0.25) is 5.91 Å². The lowest BCUT2D eigenvalue weighted by atomic mass is 10.1. The lowest BCUT2D eigenvalue weighted by molar-refractivity contribution is -0.124. The summed E-state index contributed by atoms with van der Waals surface area (Å²) in [6, 6.07) is 12.8. The Morgan fingerprint density at radius 1 is 1.15 bits per heavy atom. The van der Waals surface area contributed by atoms with E-state index in [1.54, 1.807) is 24.3 Å². The van der Waals surface area contributed by atoms with Gasteiger partial charge in [0.1, 0.15) is 5.82 Å². The summed E-state index contributed by atoms with van der Waals surface area (Å²) < 4.78 is 13.2. The second kappa shape index (κ2) is 9.31. The van der Waals surface area contributed by atoms with Crippen LogP contribution in [-0.4, -0.2) is 24.9 Å². The number of benzene rings is 2. The van der Waals surface area contributed by atoms with E-state index in [9.17, 15) is 14.0 Å². The maximum absolute atomic E-state index is 13.2. The summed E-state index contributed by atoms with van der Waals surface area (Å²) in [5.41, 5.74) is 1.74. The summed E-state index contributed by atoms with van der Waals surface area (Å²) in [5.74, 6) is -0.765. The fourth-order valence-electron chi connectivity index (χ4n) is 2.80. The Balaban J connectivity index is 0.00000243. The molecule has 0 aromatic heterocycles. The second-order valence-electron chi connectivity index (χ2n) is 6.07. The summed E-state index contributed by atoms with van der Waals surface area (Å²) in [4.78, 5) is 24.2. The van der Waals surface area contributed by atoms with E-state index in [-0.39, 0.29) is 35.7 Å². The standard InChI is InChI=1S/C19H20FN3O2.ClH/c20-16-5-2-4-14(10-16)19(25)23-17-6-1-3-13(9-17)11-22-18(24)15-7-8-21-12-15;/h1-6,9-10,15,21H,7-8,11-12H2,(H,22,24)(H,23,25);1H. The van der Waals surface area contributed by atoms with Gasteiger partial charge in [-0.3, -0.25) is 9.59 Å². The van der Waals surface area contributed by atoms with E-state index in [0.717, 1.165) is 25.1 Å². The van der Waals surface area contributed by atoms with E-state index in [1.807, 2.05) is 6.07 Å². The highest BCUT2D eigenvalue weighted by atomic mass is 35.5. The summed E-state index contributed by atoms with van der Waals surface area (Å²) in [6.07, 6.45) is 0.857. The summed E-state index contributed by atoms with van der Waals surface area (Å²) in [5, 5.41) is 8.83. The van der Waals surface area contributed by atoms with Gasteiger partial charge in [-0.25, -0.2) is 4.39 Å². The van der Waals surface area contributed by atoms with Crippen molar-refractivity contribution in [2.24, 2.45) is 5.92 Å². The maximum atomic E-state index is 13.2. The van der Waals surface area contributed by atoms with Gasteiger partial charge < -0.3 is 16.0 Å². The number of hydrogen-bond acceptors (Lipinski definition) is 3. The number of carbonyl (C=O) groups is 2. The molecular formula is C19H21ClFN3O2. The number of rotatable bonds is 5. The Morgan fingerprint density at radius 2 is 1.96 bits per heavy atom. The van der Waals surface area contributed by atoms with Crippen molar-refractivity contribution in [3.05, 3.63) is 65.5 Å². The largest absolute Gasteiger partial charge is 0.352 e. The third kappa shape index (κ3) is 5.28. The number of halogens is 2. The summed E-state index contributed by atoms with van der Waals surface area (Å²) in [6.45, 7) is 1.99. The molecule has 1 fully saturated rings. The van der Waals surface area contributed by atoms with Gasteiger partial charge in [0.25, 0.3) is 5.91 Å². The van der Waals surface area contributed by atoms with Crippen molar-refractivity contribution in [3.8, 4) is 0 Å². The zero-order valence-electron chi connectivity index (χ0n) is 14.1. The summed E-state index contributed by atoms with van der Waals surface area (Å²) >= 11 is 0. The molecule has 3 N–H and O–H groups in total. The minimum atomic E-state index is -0.453. The maximum Gasteiger partial charge on any atom is 0.255 e. The first kappa shape index (κ1) is 19.9. The topological polar surface area (TPSA) is 70.2 Å². The molecule has 0 saturated carbocycles. The molecule has 1 unspecified atom stereocenters. The summed E-state index contributed by atoms with van der Waals surface area (Å²) in [7, 11) is 0. The van der Waals surface area contributed by atoms with Crippen molar-refractivity contribution < 1.29 is 14.0 Å². The number of amides is 2. The zero-order chi connectivity index (χ0) is 17.6. The Bertz CT molecular complexity index is 779. The van der Waals surface area contributed by atoms with Crippen LogP contribution in [0.5, 0.6) is 0 Å². The van der Waals surface area contributed by atoms with Crippen molar-refractivity contribution in [2.45, 2.75) is 13.0 Å². The first-order valence-corrected chi connectivity index (χ1v) is 8.26.